The average Bonchev–Trinajstić information content (AvgIpc) is 2.77. The fourth-order valence-electron chi connectivity index (χ4n) is 2.15. The predicted molar refractivity (Wildman–Crippen MR) is 59.9 cm³/mol. The zero-order chi connectivity index (χ0) is 12.3. The van der Waals surface area contributed by atoms with Gasteiger partial charge in [-0.3, -0.25) is 9.78 Å². The zero-order valence-electron chi connectivity index (χ0n) is 9.47. The van der Waals surface area contributed by atoms with Crippen LogP contribution in [0, 0.1) is 11.7 Å². The number of aromatic nitrogens is 1. The van der Waals surface area contributed by atoms with Gasteiger partial charge in [-0.25, -0.2) is 4.39 Å². The number of likely N-dealkylation sites (tertiary alicyclic amines) is 1. The highest BCUT2D eigenvalue weighted by Crippen LogP contribution is 2.21. The summed E-state index contributed by atoms with van der Waals surface area (Å²) in [4.78, 5) is 17.4. The topological polar surface area (TPSA) is 53.4 Å². The molecule has 0 spiro atoms. The fraction of sp³-hybridized carbons (Fsp3) is 0.500. The highest BCUT2D eigenvalue weighted by Gasteiger charge is 2.26. The molecule has 0 aliphatic carbocycles. The van der Waals surface area contributed by atoms with Gasteiger partial charge in [-0.05, 0) is 24.8 Å². The van der Waals surface area contributed by atoms with Gasteiger partial charge in [0, 0.05) is 25.9 Å². The second-order valence-corrected chi connectivity index (χ2v) is 4.31. The molecular formula is C12H15FN2O2. The lowest BCUT2D eigenvalue weighted by molar-refractivity contribution is 0.0784. The number of amides is 1. The monoisotopic (exact) mass is 238 g/mol. The molecule has 4 nitrogen and oxygen atoms in total. The van der Waals surface area contributed by atoms with Crippen LogP contribution in [0.3, 0.4) is 0 Å². The highest BCUT2D eigenvalue weighted by atomic mass is 19.1. The van der Waals surface area contributed by atoms with E-state index in [4.69, 9.17) is 5.11 Å². The van der Waals surface area contributed by atoms with E-state index in [0.29, 0.717) is 25.4 Å². The first-order chi connectivity index (χ1) is 8.20. The standard InChI is InChI=1S/C12H15FN2O2/c13-11-5-10(6-14-7-11)12(17)15-3-1-9(8-15)2-4-16/h5-7,9,16H,1-4,8H2. The largest absolute Gasteiger partial charge is 0.396 e. The number of pyridine rings is 1. The quantitative estimate of drug-likeness (QED) is 0.856. The molecule has 1 unspecified atom stereocenters. The van der Waals surface area contributed by atoms with Crippen LogP contribution in [0.5, 0.6) is 0 Å². The van der Waals surface area contributed by atoms with Crippen LogP contribution in [0.25, 0.3) is 0 Å². The molecule has 0 bridgehead atoms. The van der Waals surface area contributed by atoms with Crippen molar-refractivity contribution in [2.75, 3.05) is 19.7 Å². The average molecular weight is 238 g/mol. The van der Waals surface area contributed by atoms with Crippen molar-refractivity contribution in [3.63, 3.8) is 0 Å². The van der Waals surface area contributed by atoms with Crippen molar-refractivity contribution in [1.82, 2.24) is 9.88 Å². The van der Waals surface area contributed by atoms with Crippen molar-refractivity contribution < 1.29 is 14.3 Å². The molecule has 17 heavy (non-hydrogen) atoms. The highest BCUT2D eigenvalue weighted by molar-refractivity contribution is 5.94. The van der Waals surface area contributed by atoms with Crippen LogP contribution in [0.15, 0.2) is 18.5 Å². The van der Waals surface area contributed by atoms with Crippen LogP contribution in [0.2, 0.25) is 0 Å². The van der Waals surface area contributed by atoms with E-state index in [2.05, 4.69) is 4.98 Å². The van der Waals surface area contributed by atoms with E-state index >= 15 is 0 Å². The molecule has 1 fully saturated rings. The Kier molecular flexibility index (Phi) is 3.68. The molecule has 2 rings (SSSR count). The normalized spacial score (nSPS) is 19.6. The summed E-state index contributed by atoms with van der Waals surface area (Å²) in [5.74, 6) is -0.329. The first-order valence-corrected chi connectivity index (χ1v) is 5.71. The van der Waals surface area contributed by atoms with E-state index in [9.17, 15) is 9.18 Å². The van der Waals surface area contributed by atoms with Crippen LogP contribution in [0.1, 0.15) is 23.2 Å². The maximum absolute atomic E-state index is 12.9. The number of nitrogens with zero attached hydrogens (tertiary/aromatic N) is 2. The van der Waals surface area contributed by atoms with Gasteiger partial charge < -0.3 is 10.0 Å². The Hall–Kier alpha value is -1.49. The lowest BCUT2D eigenvalue weighted by Crippen LogP contribution is -2.29. The number of aliphatic hydroxyl groups excluding tert-OH is 1. The molecule has 1 aliphatic rings. The Morgan fingerprint density at radius 1 is 1.59 bits per heavy atom. The Morgan fingerprint density at radius 2 is 2.41 bits per heavy atom. The molecule has 1 aromatic rings. The third-order valence-electron chi connectivity index (χ3n) is 3.06. The van der Waals surface area contributed by atoms with Gasteiger partial charge in [0.1, 0.15) is 5.82 Å². The molecule has 1 N–H and O–H groups in total. The number of hydrogen-bond acceptors (Lipinski definition) is 3. The first kappa shape index (κ1) is 12.0. The van der Waals surface area contributed by atoms with Gasteiger partial charge in [-0.1, -0.05) is 0 Å². The van der Waals surface area contributed by atoms with E-state index in [0.717, 1.165) is 12.6 Å². The summed E-state index contributed by atoms with van der Waals surface area (Å²) < 4.78 is 12.9. The van der Waals surface area contributed by atoms with Crippen molar-refractivity contribution in [2.24, 2.45) is 5.92 Å². The summed E-state index contributed by atoms with van der Waals surface area (Å²) in [6.45, 7) is 1.45. The molecular weight excluding hydrogens is 223 g/mol. The molecule has 0 saturated carbocycles. The Balaban J connectivity index is 2.02. The lowest BCUT2D eigenvalue weighted by atomic mass is 10.1. The molecule has 92 valence electrons. The van der Waals surface area contributed by atoms with Gasteiger partial charge in [0.25, 0.3) is 5.91 Å². The van der Waals surface area contributed by atoms with Gasteiger partial charge in [0.15, 0.2) is 0 Å². The Labute approximate surface area is 99.1 Å². The van der Waals surface area contributed by atoms with Crippen molar-refractivity contribution in [1.29, 1.82) is 0 Å². The van der Waals surface area contributed by atoms with Gasteiger partial charge in [-0.15, -0.1) is 0 Å². The Morgan fingerprint density at radius 3 is 3.12 bits per heavy atom. The second kappa shape index (κ2) is 5.23. The Bertz CT molecular complexity index is 411. The van der Waals surface area contributed by atoms with Crippen molar-refractivity contribution in [2.45, 2.75) is 12.8 Å². The molecule has 1 atom stereocenters. The summed E-state index contributed by atoms with van der Waals surface area (Å²) in [5, 5.41) is 8.84. The maximum atomic E-state index is 12.9. The van der Waals surface area contributed by atoms with E-state index in [1.165, 1.54) is 12.3 Å². The minimum atomic E-state index is -0.498. The third-order valence-corrected chi connectivity index (χ3v) is 3.06. The van der Waals surface area contributed by atoms with Gasteiger partial charge in [0.05, 0.1) is 11.8 Å². The molecule has 0 radical (unpaired) electrons. The van der Waals surface area contributed by atoms with Crippen LogP contribution < -0.4 is 0 Å². The molecule has 1 aliphatic heterocycles. The first-order valence-electron chi connectivity index (χ1n) is 5.71. The number of aliphatic hydroxyl groups is 1. The van der Waals surface area contributed by atoms with E-state index < -0.39 is 5.82 Å². The smallest absolute Gasteiger partial charge is 0.255 e. The van der Waals surface area contributed by atoms with Crippen molar-refractivity contribution in [3.05, 3.63) is 29.8 Å². The van der Waals surface area contributed by atoms with E-state index in [1.54, 1.807) is 4.90 Å². The molecule has 1 amide bonds. The number of carbonyl (C=O) groups is 1. The number of halogens is 1. The van der Waals surface area contributed by atoms with Crippen LogP contribution in [-0.4, -0.2) is 40.6 Å². The van der Waals surface area contributed by atoms with Crippen molar-refractivity contribution >= 4 is 5.91 Å². The maximum Gasteiger partial charge on any atom is 0.255 e. The third kappa shape index (κ3) is 2.79. The van der Waals surface area contributed by atoms with E-state index in [1.807, 2.05) is 0 Å². The molecule has 5 heteroatoms. The van der Waals surface area contributed by atoms with E-state index in [-0.39, 0.29) is 18.1 Å². The molecule has 2 heterocycles. The summed E-state index contributed by atoms with van der Waals surface area (Å²) in [6, 6.07) is 1.20. The number of carbonyl (C=O) groups excluding carboxylic acids is 1. The molecule has 1 aromatic heterocycles. The van der Waals surface area contributed by atoms with Crippen molar-refractivity contribution in [3.8, 4) is 0 Å². The summed E-state index contributed by atoms with van der Waals surface area (Å²) in [5.41, 5.74) is 0.287. The number of rotatable bonds is 3. The van der Waals surface area contributed by atoms with Gasteiger partial charge in [-0.2, -0.15) is 0 Å². The molecule has 0 aromatic carbocycles. The van der Waals surface area contributed by atoms with Gasteiger partial charge >= 0.3 is 0 Å². The number of hydrogen-bond donors (Lipinski definition) is 1. The summed E-state index contributed by atoms with van der Waals surface area (Å²) in [6.07, 6.45) is 4.07. The van der Waals surface area contributed by atoms with Crippen LogP contribution >= 0.6 is 0 Å². The lowest BCUT2D eigenvalue weighted by Gasteiger charge is -2.16. The molecule has 1 saturated heterocycles. The summed E-state index contributed by atoms with van der Waals surface area (Å²) >= 11 is 0. The minimum Gasteiger partial charge on any atom is -0.396 e. The van der Waals surface area contributed by atoms with Gasteiger partial charge in [0.2, 0.25) is 0 Å². The second-order valence-electron chi connectivity index (χ2n) is 4.31. The zero-order valence-corrected chi connectivity index (χ0v) is 9.47. The van der Waals surface area contributed by atoms with Crippen LogP contribution in [-0.2, 0) is 0 Å². The van der Waals surface area contributed by atoms with Crippen LogP contribution in [0.4, 0.5) is 4.39 Å². The minimum absolute atomic E-state index is 0.147. The summed E-state index contributed by atoms with van der Waals surface area (Å²) in [7, 11) is 0. The SMILES string of the molecule is O=C(c1cncc(F)c1)N1CCC(CCO)C1. The predicted octanol–water partition coefficient (Wildman–Crippen LogP) is 1.07. The fourth-order valence-corrected chi connectivity index (χ4v) is 2.15.